The van der Waals surface area contributed by atoms with E-state index in [2.05, 4.69) is 5.32 Å². The SMILES string of the molecule is CCOc1ccccc1CNc1ccc(C#N)c(C#N)c1. The van der Waals surface area contributed by atoms with Crippen LogP contribution in [-0.2, 0) is 6.54 Å². The predicted molar refractivity (Wildman–Crippen MR) is 80.8 cm³/mol. The molecule has 2 rings (SSSR count). The molecule has 0 aliphatic heterocycles. The Morgan fingerprint density at radius 1 is 1.05 bits per heavy atom. The molecular formula is C17H15N3O. The van der Waals surface area contributed by atoms with Gasteiger partial charge in [-0.15, -0.1) is 0 Å². The van der Waals surface area contributed by atoms with Gasteiger partial charge in [-0.25, -0.2) is 0 Å². The van der Waals surface area contributed by atoms with Crippen molar-refractivity contribution in [2.45, 2.75) is 13.5 Å². The van der Waals surface area contributed by atoms with Gasteiger partial charge in [0.15, 0.2) is 0 Å². The standard InChI is InChI=1S/C17H15N3O/c1-2-21-17-6-4-3-5-14(17)12-20-16-8-7-13(10-18)15(9-16)11-19/h3-9,20H,2,12H2,1H3. The zero-order valence-corrected chi connectivity index (χ0v) is 11.8. The molecule has 0 aliphatic rings. The Labute approximate surface area is 124 Å². The van der Waals surface area contributed by atoms with Gasteiger partial charge in [0.25, 0.3) is 0 Å². The summed E-state index contributed by atoms with van der Waals surface area (Å²) < 4.78 is 5.57. The van der Waals surface area contributed by atoms with E-state index in [0.29, 0.717) is 24.3 Å². The summed E-state index contributed by atoms with van der Waals surface area (Å²) in [5.41, 5.74) is 2.61. The largest absolute Gasteiger partial charge is 0.494 e. The molecule has 0 heterocycles. The number of nitriles is 2. The van der Waals surface area contributed by atoms with Crippen LogP contribution in [0.5, 0.6) is 5.75 Å². The van der Waals surface area contributed by atoms with Crippen molar-refractivity contribution in [3.8, 4) is 17.9 Å². The van der Waals surface area contributed by atoms with Crippen molar-refractivity contribution in [2.24, 2.45) is 0 Å². The molecule has 0 bridgehead atoms. The highest BCUT2D eigenvalue weighted by Gasteiger charge is 2.05. The van der Waals surface area contributed by atoms with Gasteiger partial charge in [-0.1, -0.05) is 18.2 Å². The van der Waals surface area contributed by atoms with E-state index in [4.69, 9.17) is 15.3 Å². The summed E-state index contributed by atoms with van der Waals surface area (Å²) in [5.74, 6) is 0.849. The van der Waals surface area contributed by atoms with Crippen molar-refractivity contribution < 1.29 is 4.74 Å². The van der Waals surface area contributed by atoms with E-state index in [1.54, 1.807) is 18.2 Å². The lowest BCUT2D eigenvalue weighted by atomic mass is 10.1. The van der Waals surface area contributed by atoms with E-state index in [9.17, 15) is 0 Å². The van der Waals surface area contributed by atoms with Crippen molar-refractivity contribution in [3.63, 3.8) is 0 Å². The molecule has 0 fully saturated rings. The monoisotopic (exact) mass is 277 g/mol. The molecule has 0 unspecified atom stereocenters. The average molecular weight is 277 g/mol. The molecule has 4 nitrogen and oxygen atoms in total. The molecule has 0 saturated carbocycles. The summed E-state index contributed by atoms with van der Waals surface area (Å²) in [4.78, 5) is 0. The van der Waals surface area contributed by atoms with Crippen molar-refractivity contribution in [1.29, 1.82) is 10.5 Å². The summed E-state index contributed by atoms with van der Waals surface area (Å²) in [6, 6.07) is 17.0. The van der Waals surface area contributed by atoms with Crippen LogP contribution in [0, 0.1) is 22.7 Å². The third-order valence-electron chi connectivity index (χ3n) is 3.02. The lowest BCUT2D eigenvalue weighted by Crippen LogP contribution is -2.03. The van der Waals surface area contributed by atoms with Gasteiger partial charge in [0, 0.05) is 17.8 Å². The van der Waals surface area contributed by atoms with Crippen LogP contribution < -0.4 is 10.1 Å². The minimum atomic E-state index is 0.376. The van der Waals surface area contributed by atoms with Crippen LogP contribution in [0.3, 0.4) is 0 Å². The number of ether oxygens (including phenoxy) is 1. The Morgan fingerprint density at radius 2 is 1.81 bits per heavy atom. The fraction of sp³-hybridized carbons (Fsp3) is 0.176. The van der Waals surface area contributed by atoms with Gasteiger partial charge < -0.3 is 10.1 Å². The molecule has 4 heteroatoms. The first-order chi connectivity index (χ1) is 10.3. The van der Waals surface area contributed by atoms with Crippen LogP contribution in [0.25, 0.3) is 0 Å². The number of nitrogens with zero attached hydrogens (tertiary/aromatic N) is 2. The molecule has 2 aromatic rings. The van der Waals surface area contributed by atoms with Crippen molar-refractivity contribution in [1.82, 2.24) is 0 Å². The summed E-state index contributed by atoms with van der Waals surface area (Å²) >= 11 is 0. The van der Waals surface area contributed by atoms with E-state index in [1.165, 1.54) is 0 Å². The number of rotatable bonds is 5. The number of hydrogen-bond acceptors (Lipinski definition) is 4. The molecule has 0 atom stereocenters. The number of benzene rings is 2. The van der Waals surface area contributed by atoms with E-state index < -0.39 is 0 Å². The molecule has 0 amide bonds. The van der Waals surface area contributed by atoms with E-state index in [0.717, 1.165) is 17.0 Å². The first kappa shape index (κ1) is 14.4. The molecule has 21 heavy (non-hydrogen) atoms. The first-order valence-corrected chi connectivity index (χ1v) is 6.67. The maximum Gasteiger partial charge on any atom is 0.124 e. The molecule has 0 saturated heterocycles. The number of para-hydroxylation sites is 1. The summed E-state index contributed by atoms with van der Waals surface area (Å²) in [6.07, 6.45) is 0. The summed E-state index contributed by atoms with van der Waals surface area (Å²) in [7, 11) is 0. The summed E-state index contributed by atoms with van der Waals surface area (Å²) in [6.45, 7) is 3.16. The maximum absolute atomic E-state index is 9.02. The van der Waals surface area contributed by atoms with E-state index in [1.807, 2.05) is 43.3 Å². The van der Waals surface area contributed by atoms with Gasteiger partial charge in [-0.3, -0.25) is 0 Å². The topological polar surface area (TPSA) is 68.8 Å². The van der Waals surface area contributed by atoms with Crippen LogP contribution in [0.1, 0.15) is 23.6 Å². The second kappa shape index (κ2) is 6.98. The Hall–Kier alpha value is -2.98. The van der Waals surface area contributed by atoms with Crippen molar-refractivity contribution in [2.75, 3.05) is 11.9 Å². The van der Waals surface area contributed by atoms with Crippen LogP contribution in [-0.4, -0.2) is 6.61 Å². The molecular weight excluding hydrogens is 262 g/mol. The second-order valence-corrected chi connectivity index (χ2v) is 4.38. The number of anilines is 1. The van der Waals surface area contributed by atoms with Gasteiger partial charge in [-0.05, 0) is 31.2 Å². The molecule has 0 aromatic heterocycles. The van der Waals surface area contributed by atoms with Crippen molar-refractivity contribution in [3.05, 3.63) is 59.2 Å². The quantitative estimate of drug-likeness (QED) is 0.909. The van der Waals surface area contributed by atoms with E-state index >= 15 is 0 Å². The van der Waals surface area contributed by atoms with Gasteiger partial charge in [-0.2, -0.15) is 10.5 Å². The lowest BCUT2D eigenvalue weighted by Gasteiger charge is -2.12. The minimum Gasteiger partial charge on any atom is -0.494 e. The van der Waals surface area contributed by atoms with Gasteiger partial charge >= 0.3 is 0 Å². The first-order valence-electron chi connectivity index (χ1n) is 6.67. The molecule has 0 spiro atoms. The van der Waals surface area contributed by atoms with E-state index in [-0.39, 0.29) is 0 Å². The zero-order valence-electron chi connectivity index (χ0n) is 11.8. The normalized spacial score (nSPS) is 9.48. The van der Waals surface area contributed by atoms with Crippen LogP contribution in [0.2, 0.25) is 0 Å². The maximum atomic E-state index is 9.02. The Kier molecular flexibility index (Phi) is 4.79. The van der Waals surface area contributed by atoms with Crippen molar-refractivity contribution >= 4 is 5.69 Å². The smallest absolute Gasteiger partial charge is 0.124 e. The average Bonchev–Trinajstić information content (AvgIpc) is 2.54. The van der Waals surface area contributed by atoms with Crippen LogP contribution in [0.15, 0.2) is 42.5 Å². The minimum absolute atomic E-state index is 0.376. The third-order valence-corrected chi connectivity index (χ3v) is 3.02. The Morgan fingerprint density at radius 3 is 2.52 bits per heavy atom. The molecule has 104 valence electrons. The highest BCUT2D eigenvalue weighted by Crippen LogP contribution is 2.20. The fourth-order valence-electron chi connectivity index (χ4n) is 1.99. The van der Waals surface area contributed by atoms with Gasteiger partial charge in [0.2, 0.25) is 0 Å². The predicted octanol–water partition coefficient (Wildman–Crippen LogP) is 3.44. The highest BCUT2D eigenvalue weighted by atomic mass is 16.5. The Bertz CT molecular complexity index is 711. The molecule has 1 N–H and O–H groups in total. The second-order valence-electron chi connectivity index (χ2n) is 4.38. The van der Waals surface area contributed by atoms with Gasteiger partial charge in [0.05, 0.1) is 17.7 Å². The molecule has 0 aliphatic carbocycles. The van der Waals surface area contributed by atoms with Gasteiger partial charge in [0.1, 0.15) is 17.9 Å². The highest BCUT2D eigenvalue weighted by molar-refractivity contribution is 5.56. The zero-order chi connectivity index (χ0) is 15.1. The van der Waals surface area contributed by atoms with Crippen LogP contribution >= 0.6 is 0 Å². The fourth-order valence-corrected chi connectivity index (χ4v) is 1.99. The molecule has 2 aromatic carbocycles. The number of nitrogens with one attached hydrogen (secondary N) is 1. The number of hydrogen-bond donors (Lipinski definition) is 1. The third kappa shape index (κ3) is 3.52. The summed E-state index contributed by atoms with van der Waals surface area (Å²) in [5, 5.41) is 21.2. The van der Waals surface area contributed by atoms with Crippen LogP contribution in [0.4, 0.5) is 5.69 Å². The lowest BCUT2D eigenvalue weighted by molar-refractivity contribution is 0.337. The molecule has 0 radical (unpaired) electrons. The Balaban J connectivity index is 2.14.